The van der Waals surface area contributed by atoms with Crippen molar-refractivity contribution >= 4 is 11.7 Å². The van der Waals surface area contributed by atoms with Crippen molar-refractivity contribution in [3.63, 3.8) is 0 Å². The van der Waals surface area contributed by atoms with E-state index in [1.807, 2.05) is 47.2 Å². The Labute approximate surface area is 178 Å². The zero-order chi connectivity index (χ0) is 21.4. The molecule has 0 unspecified atom stereocenters. The van der Waals surface area contributed by atoms with E-state index in [9.17, 15) is 13.6 Å². The van der Waals surface area contributed by atoms with Gasteiger partial charge in [0.25, 0.3) is 0 Å². The normalized spacial score (nSPS) is 15.0. The maximum absolute atomic E-state index is 14.2. The van der Waals surface area contributed by atoms with Gasteiger partial charge < -0.3 is 14.8 Å². The lowest BCUT2D eigenvalue weighted by atomic mass is 10.0. The molecule has 3 aromatic carbocycles. The van der Waals surface area contributed by atoms with Crippen molar-refractivity contribution in [1.29, 1.82) is 0 Å². The highest BCUT2D eigenvalue weighted by Crippen LogP contribution is 2.37. The molecule has 4 nitrogen and oxygen atoms in total. The number of nitrogens with one attached hydrogen (secondary N) is 1. The summed E-state index contributed by atoms with van der Waals surface area (Å²) >= 11 is 0. The third kappa shape index (κ3) is 3.46. The summed E-state index contributed by atoms with van der Waals surface area (Å²) in [6.45, 7) is 0.306. The van der Waals surface area contributed by atoms with Gasteiger partial charge in [0.05, 0.1) is 24.0 Å². The molecule has 2 amide bonds. The summed E-state index contributed by atoms with van der Waals surface area (Å²) in [4.78, 5) is 15.1. The Morgan fingerprint density at radius 2 is 1.61 bits per heavy atom. The first kappa shape index (κ1) is 19.1. The predicted octanol–water partition coefficient (Wildman–Crippen LogP) is 5.89. The van der Waals surface area contributed by atoms with Crippen molar-refractivity contribution in [2.24, 2.45) is 0 Å². The lowest BCUT2D eigenvalue weighted by Crippen LogP contribution is -2.38. The van der Waals surface area contributed by atoms with Crippen LogP contribution in [0.3, 0.4) is 0 Å². The number of halogens is 2. The van der Waals surface area contributed by atoms with Crippen LogP contribution < -0.4 is 5.32 Å². The minimum absolute atomic E-state index is 0.110. The summed E-state index contributed by atoms with van der Waals surface area (Å²) < 4.78 is 29.9. The van der Waals surface area contributed by atoms with Crippen molar-refractivity contribution in [2.45, 2.75) is 12.6 Å². The van der Waals surface area contributed by atoms with Crippen molar-refractivity contribution in [2.75, 3.05) is 5.32 Å². The van der Waals surface area contributed by atoms with Crippen molar-refractivity contribution in [1.82, 2.24) is 9.47 Å². The van der Waals surface area contributed by atoms with E-state index in [1.165, 1.54) is 24.3 Å². The van der Waals surface area contributed by atoms with Gasteiger partial charge in [-0.25, -0.2) is 13.6 Å². The molecule has 1 aliphatic heterocycles. The molecule has 1 N–H and O–H groups in total. The van der Waals surface area contributed by atoms with Crippen LogP contribution in [0.15, 0.2) is 91.1 Å². The number of fused-ring (bicyclic) bond motifs is 3. The molecule has 0 radical (unpaired) electrons. The van der Waals surface area contributed by atoms with Crippen LogP contribution in [-0.2, 0) is 6.54 Å². The Bertz CT molecular complexity index is 1250. The molecule has 154 valence electrons. The summed E-state index contributed by atoms with van der Waals surface area (Å²) in [6, 6.07) is 22.9. The van der Waals surface area contributed by atoms with E-state index in [0.29, 0.717) is 6.54 Å². The molecule has 5 rings (SSSR count). The highest BCUT2D eigenvalue weighted by Gasteiger charge is 2.33. The van der Waals surface area contributed by atoms with Crippen LogP contribution in [0, 0.1) is 11.6 Å². The topological polar surface area (TPSA) is 37.3 Å². The molecule has 0 saturated heterocycles. The third-order valence-corrected chi connectivity index (χ3v) is 5.53. The van der Waals surface area contributed by atoms with Gasteiger partial charge in [0, 0.05) is 11.9 Å². The lowest BCUT2D eigenvalue weighted by Gasteiger charge is -2.31. The van der Waals surface area contributed by atoms with Gasteiger partial charge in [-0.05, 0) is 53.6 Å². The number of aromatic nitrogens is 1. The van der Waals surface area contributed by atoms with E-state index in [1.54, 1.807) is 29.2 Å². The standard InChI is InChI=1S/C25H19F2N3O/c26-19-13-11-17(12-14-19)24-23-10-5-15-29(23)22-9-4-1-6-18(22)16-30(24)25(31)28-21-8-3-2-7-20(21)27/h1-15,24H,16H2,(H,28,31)/t24-/m0/s1. The molecule has 31 heavy (non-hydrogen) atoms. The van der Waals surface area contributed by atoms with Crippen LogP contribution in [0.2, 0.25) is 0 Å². The fourth-order valence-electron chi connectivity index (χ4n) is 4.08. The zero-order valence-electron chi connectivity index (χ0n) is 16.5. The van der Waals surface area contributed by atoms with Gasteiger partial charge >= 0.3 is 6.03 Å². The second-order valence-corrected chi connectivity index (χ2v) is 7.42. The molecule has 2 heterocycles. The number of hydrogen-bond donors (Lipinski definition) is 1. The van der Waals surface area contributed by atoms with Gasteiger partial charge in [0.2, 0.25) is 0 Å². The first-order chi connectivity index (χ1) is 15.1. The monoisotopic (exact) mass is 415 g/mol. The molecule has 0 spiro atoms. The largest absolute Gasteiger partial charge is 0.323 e. The van der Waals surface area contributed by atoms with Gasteiger partial charge in [-0.1, -0.05) is 42.5 Å². The SMILES string of the molecule is O=C(Nc1ccccc1F)N1Cc2ccccc2-n2cccc2[C@@H]1c1ccc(F)cc1. The number of hydrogen-bond acceptors (Lipinski definition) is 1. The Morgan fingerprint density at radius 1 is 0.871 bits per heavy atom. The van der Waals surface area contributed by atoms with E-state index in [2.05, 4.69) is 5.32 Å². The molecule has 4 aromatic rings. The first-order valence-electron chi connectivity index (χ1n) is 9.95. The van der Waals surface area contributed by atoms with E-state index in [-0.39, 0.29) is 11.5 Å². The van der Waals surface area contributed by atoms with Crippen LogP contribution in [0.1, 0.15) is 22.9 Å². The highest BCUT2D eigenvalue weighted by atomic mass is 19.1. The van der Waals surface area contributed by atoms with Crippen LogP contribution >= 0.6 is 0 Å². The minimum Gasteiger partial charge on any atom is -0.318 e. The Morgan fingerprint density at radius 3 is 2.42 bits per heavy atom. The molecular formula is C25H19F2N3O. The molecule has 0 fully saturated rings. The molecular weight excluding hydrogens is 396 g/mol. The average Bonchev–Trinajstić information content (AvgIpc) is 3.20. The number of nitrogens with zero attached hydrogens (tertiary/aromatic N) is 2. The predicted molar refractivity (Wildman–Crippen MR) is 115 cm³/mol. The van der Waals surface area contributed by atoms with Gasteiger partial charge in [0.1, 0.15) is 11.6 Å². The van der Waals surface area contributed by atoms with Gasteiger partial charge in [0.15, 0.2) is 0 Å². The zero-order valence-corrected chi connectivity index (χ0v) is 16.5. The van der Waals surface area contributed by atoms with E-state index >= 15 is 0 Å². The maximum Gasteiger partial charge on any atom is 0.323 e. The van der Waals surface area contributed by atoms with Gasteiger partial charge in [-0.15, -0.1) is 0 Å². The molecule has 0 aliphatic carbocycles. The summed E-state index contributed by atoms with van der Waals surface area (Å²) in [5.74, 6) is -0.855. The number of carbonyl (C=O) groups is 1. The number of benzene rings is 3. The smallest absolute Gasteiger partial charge is 0.318 e. The highest BCUT2D eigenvalue weighted by molar-refractivity contribution is 5.90. The minimum atomic E-state index is -0.507. The number of para-hydroxylation sites is 2. The number of carbonyl (C=O) groups excluding carboxylic acids is 1. The summed E-state index contributed by atoms with van der Waals surface area (Å²) in [5, 5.41) is 2.70. The third-order valence-electron chi connectivity index (χ3n) is 5.53. The van der Waals surface area contributed by atoms with Crippen LogP contribution in [0.25, 0.3) is 5.69 Å². The molecule has 0 bridgehead atoms. The van der Waals surface area contributed by atoms with Crippen LogP contribution in [-0.4, -0.2) is 15.5 Å². The van der Waals surface area contributed by atoms with Gasteiger partial charge in [-0.3, -0.25) is 0 Å². The number of urea groups is 1. The van der Waals surface area contributed by atoms with Gasteiger partial charge in [-0.2, -0.15) is 0 Å². The fourth-order valence-corrected chi connectivity index (χ4v) is 4.08. The van der Waals surface area contributed by atoms with Crippen LogP contribution in [0.4, 0.5) is 19.3 Å². The second kappa shape index (κ2) is 7.72. The number of amides is 2. The van der Waals surface area contributed by atoms with E-state index in [0.717, 1.165) is 22.5 Å². The maximum atomic E-state index is 14.2. The fraction of sp³-hybridized carbons (Fsp3) is 0.0800. The Hall–Kier alpha value is -3.93. The summed E-state index contributed by atoms with van der Waals surface area (Å²) in [5.41, 5.74) is 3.65. The second-order valence-electron chi connectivity index (χ2n) is 7.42. The summed E-state index contributed by atoms with van der Waals surface area (Å²) in [7, 11) is 0. The molecule has 1 aromatic heterocycles. The van der Waals surface area contributed by atoms with E-state index < -0.39 is 17.9 Å². The summed E-state index contributed by atoms with van der Waals surface area (Å²) in [6.07, 6.45) is 1.95. The molecule has 1 atom stereocenters. The van der Waals surface area contributed by atoms with Crippen molar-refractivity contribution in [3.8, 4) is 5.69 Å². The lowest BCUT2D eigenvalue weighted by molar-refractivity contribution is 0.194. The first-order valence-corrected chi connectivity index (χ1v) is 9.95. The van der Waals surface area contributed by atoms with Crippen LogP contribution in [0.5, 0.6) is 0 Å². The Kier molecular flexibility index (Phi) is 4.75. The molecule has 1 aliphatic rings. The number of rotatable bonds is 2. The number of anilines is 1. The quantitative estimate of drug-likeness (QED) is 0.435. The van der Waals surface area contributed by atoms with Crippen molar-refractivity contribution < 1.29 is 13.6 Å². The van der Waals surface area contributed by atoms with E-state index in [4.69, 9.17) is 0 Å². The molecule has 6 heteroatoms. The van der Waals surface area contributed by atoms with Crippen molar-refractivity contribution in [3.05, 3.63) is 120 Å². The molecule has 0 saturated carbocycles. The average molecular weight is 415 g/mol. The Balaban J connectivity index is 1.64.